The van der Waals surface area contributed by atoms with Crippen LogP contribution in [0.15, 0.2) is 71.9 Å². The first kappa shape index (κ1) is 25.0. The molecule has 5 nitrogen and oxygen atoms in total. The molecule has 2 heterocycles. The molecule has 0 radical (unpaired) electrons. The van der Waals surface area contributed by atoms with Crippen molar-refractivity contribution >= 4 is 28.9 Å². The van der Waals surface area contributed by atoms with Gasteiger partial charge in [-0.3, -0.25) is 4.99 Å². The van der Waals surface area contributed by atoms with Crippen LogP contribution in [0.3, 0.4) is 0 Å². The predicted molar refractivity (Wildman–Crippen MR) is 145 cm³/mol. The van der Waals surface area contributed by atoms with Gasteiger partial charge in [-0.2, -0.15) is 0 Å². The first-order chi connectivity index (χ1) is 17.9. The third kappa shape index (κ3) is 5.53. The van der Waals surface area contributed by atoms with Crippen molar-refractivity contribution in [1.82, 2.24) is 14.9 Å². The highest BCUT2D eigenvalue weighted by atomic mass is 35.5. The van der Waals surface area contributed by atoms with Gasteiger partial charge in [0.1, 0.15) is 11.6 Å². The maximum atomic E-state index is 14.8. The smallest absolute Gasteiger partial charge is 0.227 e. The average molecular weight is 518 g/mol. The van der Waals surface area contributed by atoms with Crippen LogP contribution in [0.4, 0.5) is 20.4 Å². The first-order valence-corrected chi connectivity index (χ1v) is 12.4. The number of aryl methyl sites for hydroxylation is 1. The van der Waals surface area contributed by atoms with Crippen molar-refractivity contribution in [1.29, 1.82) is 0 Å². The Bertz CT molecular complexity index is 1470. The number of halogens is 3. The Kier molecular flexibility index (Phi) is 7.26. The van der Waals surface area contributed by atoms with Gasteiger partial charge in [-0.05, 0) is 75.4 Å². The zero-order chi connectivity index (χ0) is 25.9. The molecule has 0 fully saturated rings. The Hall–Kier alpha value is -3.68. The molecule has 1 N–H and O–H groups in total. The number of nitrogens with zero attached hydrogens (tertiary/aromatic N) is 4. The van der Waals surface area contributed by atoms with E-state index in [2.05, 4.69) is 46.4 Å². The Labute approximate surface area is 219 Å². The molecule has 0 amide bonds. The number of fused-ring (bicyclic) bond motifs is 3. The molecular weight excluding hydrogens is 492 g/mol. The number of benzene rings is 3. The second kappa shape index (κ2) is 10.7. The summed E-state index contributed by atoms with van der Waals surface area (Å²) >= 11 is 6.31. The van der Waals surface area contributed by atoms with Gasteiger partial charge in [-0.15, -0.1) is 0 Å². The van der Waals surface area contributed by atoms with Crippen molar-refractivity contribution in [3.63, 3.8) is 0 Å². The molecule has 0 saturated carbocycles. The Morgan fingerprint density at radius 3 is 2.54 bits per heavy atom. The van der Waals surface area contributed by atoms with Crippen molar-refractivity contribution in [2.75, 3.05) is 26.0 Å². The summed E-state index contributed by atoms with van der Waals surface area (Å²) in [5, 5.41) is 3.74. The third-order valence-corrected chi connectivity index (χ3v) is 6.45. The number of nitrogens with one attached hydrogen (secondary N) is 1. The summed E-state index contributed by atoms with van der Waals surface area (Å²) in [5.74, 6) is -0.949. The normalized spacial score (nSPS) is 12.5. The van der Waals surface area contributed by atoms with Crippen LogP contribution in [0.2, 0.25) is 5.02 Å². The maximum Gasteiger partial charge on any atom is 0.227 e. The van der Waals surface area contributed by atoms with E-state index < -0.39 is 11.6 Å². The summed E-state index contributed by atoms with van der Waals surface area (Å²) in [5.41, 5.74) is 4.72. The SMILES string of the molecule is CN(C)CCCc1cccc(Nc2ncc3c(n2)-c2ccc(Cl)cc2C(c2c(F)cccc2F)=NC3)c1. The van der Waals surface area contributed by atoms with Crippen molar-refractivity contribution in [3.8, 4) is 11.3 Å². The molecular formula is C29H26ClF2N5. The predicted octanol–water partition coefficient (Wildman–Crippen LogP) is 6.66. The van der Waals surface area contributed by atoms with Crippen LogP contribution < -0.4 is 5.32 Å². The van der Waals surface area contributed by atoms with Crippen molar-refractivity contribution in [2.24, 2.45) is 4.99 Å². The lowest BCUT2D eigenvalue weighted by Crippen LogP contribution is -2.13. The molecule has 0 bridgehead atoms. The van der Waals surface area contributed by atoms with Crippen LogP contribution in [0.25, 0.3) is 11.3 Å². The zero-order valence-electron chi connectivity index (χ0n) is 20.6. The molecule has 1 aliphatic heterocycles. The summed E-state index contributed by atoms with van der Waals surface area (Å²) in [6.45, 7) is 1.20. The molecule has 0 saturated heterocycles. The van der Waals surface area contributed by atoms with Crippen LogP contribution in [-0.2, 0) is 13.0 Å². The first-order valence-electron chi connectivity index (χ1n) is 12.0. The lowest BCUT2D eigenvalue weighted by Gasteiger charge is -2.14. The van der Waals surface area contributed by atoms with Gasteiger partial charge in [0.15, 0.2) is 0 Å². The van der Waals surface area contributed by atoms with Crippen LogP contribution in [-0.4, -0.2) is 41.2 Å². The van der Waals surface area contributed by atoms with E-state index in [9.17, 15) is 8.78 Å². The zero-order valence-corrected chi connectivity index (χ0v) is 21.4. The highest BCUT2D eigenvalue weighted by Gasteiger charge is 2.25. The molecule has 37 heavy (non-hydrogen) atoms. The monoisotopic (exact) mass is 517 g/mol. The number of hydrogen-bond donors (Lipinski definition) is 1. The van der Waals surface area contributed by atoms with E-state index in [0.29, 0.717) is 27.8 Å². The number of rotatable bonds is 7. The number of aromatic nitrogens is 2. The van der Waals surface area contributed by atoms with Crippen LogP contribution >= 0.6 is 11.6 Å². The van der Waals surface area contributed by atoms with E-state index in [0.717, 1.165) is 30.6 Å². The van der Waals surface area contributed by atoms with E-state index in [4.69, 9.17) is 16.6 Å². The number of aliphatic imine (C=N–C) groups is 1. The molecule has 188 valence electrons. The third-order valence-electron chi connectivity index (χ3n) is 6.22. The fourth-order valence-corrected chi connectivity index (χ4v) is 4.63. The van der Waals surface area contributed by atoms with Crippen molar-refractivity contribution in [3.05, 3.63) is 106 Å². The summed E-state index contributed by atoms with van der Waals surface area (Å²) in [6, 6.07) is 17.2. The molecule has 0 atom stereocenters. The molecule has 5 rings (SSSR count). The Morgan fingerprint density at radius 1 is 0.973 bits per heavy atom. The standard InChI is InChI=1S/C29H26ClF2N5/c1-37(2)13-5-7-18-6-3-8-21(14-18)35-29-34-17-19-16-33-28(26-24(31)9-4-10-25(26)32)23-15-20(30)11-12-22(23)27(19)36-29/h3-4,6,8-12,14-15,17H,5,7,13,16H2,1-2H3,(H,34,35,36). The van der Waals surface area contributed by atoms with E-state index in [1.165, 1.54) is 23.8 Å². The van der Waals surface area contributed by atoms with Crippen LogP contribution in [0, 0.1) is 11.6 Å². The second-order valence-corrected chi connectivity index (χ2v) is 9.69. The van der Waals surface area contributed by atoms with E-state index in [-0.39, 0.29) is 17.8 Å². The van der Waals surface area contributed by atoms with Gasteiger partial charge < -0.3 is 10.2 Å². The average Bonchev–Trinajstić information content (AvgIpc) is 3.01. The minimum atomic E-state index is -0.686. The van der Waals surface area contributed by atoms with E-state index in [1.54, 1.807) is 24.4 Å². The Morgan fingerprint density at radius 2 is 1.76 bits per heavy atom. The molecule has 0 spiro atoms. The number of anilines is 2. The molecule has 0 unspecified atom stereocenters. The molecule has 3 aromatic carbocycles. The number of hydrogen-bond acceptors (Lipinski definition) is 5. The van der Waals surface area contributed by atoms with Gasteiger partial charge in [-0.25, -0.2) is 18.7 Å². The summed E-state index contributed by atoms with van der Waals surface area (Å²) in [4.78, 5) is 16.0. The summed E-state index contributed by atoms with van der Waals surface area (Å²) < 4.78 is 29.5. The minimum Gasteiger partial charge on any atom is -0.324 e. The van der Waals surface area contributed by atoms with Crippen molar-refractivity contribution < 1.29 is 8.78 Å². The molecule has 1 aliphatic rings. The second-order valence-electron chi connectivity index (χ2n) is 9.25. The topological polar surface area (TPSA) is 53.4 Å². The molecule has 4 aromatic rings. The van der Waals surface area contributed by atoms with Crippen molar-refractivity contribution in [2.45, 2.75) is 19.4 Å². The quantitative estimate of drug-likeness (QED) is 0.298. The van der Waals surface area contributed by atoms with Crippen LogP contribution in [0.5, 0.6) is 0 Å². The van der Waals surface area contributed by atoms with Gasteiger partial charge in [0.05, 0.1) is 23.5 Å². The van der Waals surface area contributed by atoms with Gasteiger partial charge in [0.2, 0.25) is 5.95 Å². The highest BCUT2D eigenvalue weighted by Crippen LogP contribution is 2.34. The summed E-state index contributed by atoms with van der Waals surface area (Å²) in [7, 11) is 4.14. The fraction of sp³-hybridized carbons (Fsp3) is 0.207. The fourth-order valence-electron chi connectivity index (χ4n) is 4.46. The Balaban J connectivity index is 1.50. The molecule has 0 aliphatic carbocycles. The maximum absolute atomic E-state index is 14.8. The van der Waals surface area contributed by atoms with Gasteiger partial charge in [0, 0.05) is 33.6 Å². The van der Waals surface area contributed by atoms with Crippen LogP contribution in [0.1, 0.15) is 28.7 Å². The highest BCUT2D eigenvalue weighted by molar-refractivity contribution is 6.31. The van der Waals surface area contributed by atoms with E-state index in [1.807, 2.05) is 12.1 Å². The van der Waals surface area contributed by atoms with E-state index >= 15 is 0 Å². The minimum absolute atomic E-state index is 0.173. The lowest BCUT2D eigenvalue weighted by atomic mass is 9.95. The van der Waals surface area contributed by atoms with Gasteiger partial charge in [-0.1, -0.05) is 35.9 Å². The largest absolute Gasteiger partial charge is 0.324 e. The van der Waals surface area contributed by atoms with Gasteiger partial charge in [0.25, 0.3) is 0 Å². The lowest BCUT2D eigenvalue weighted by molar-refractivity contribution is 0.400. The summed E-state index contributed by atoms with van der Waals surface area (Å²) in [6.07, 6.45) is 3.74. The molecule has 8 heteroatoms. The van der Waals surface area contributed by atoms with Gasteiger partial charge >= 0.3 is 0 Å². The molecule has 1 aromatic heterocycles.